The van der Waals surface area contributed by atoms with E-state index in [4.69, 9.17) is 9.15 Å². The van der Waals surface area contributed by atoms with Crippen LogP contribution in [-0.4, -0.2) is 31.0 Å². The van der Waals surface area contributed by atoms with Gasteiger partial charge in [-0.15, -0.1) is 0 Å². The smallest absolute Gasteiger partial charge is 0.276 e. The number of oxazole rings is 1. The molecule has 2 aliphatic rings. The van der Waals surface area contributed by atoms with E-state index in [1.54, 1.807) is 12.3 Å². The maximum Gasteiger partial charge on any atom is 0.276 e. The van der Waals surface area contributed by atoms with E-state index in [-0.39, 0.29) is 23.7 Å². The Hall–Kier alpha value is -1.93. The van der Waals surface area contributed by atoms with Crippen LogP contribution in [-0.2, 0) is 16.4 Å². The molecule has 8 heteroatoms. The number of hydrogen-bond acceptors (Lipinski definition) is 6. The topological polar surface area (TPSA) is 94.3 Å². The second-order valence-electron chi connectivity index (χ2n) is 5.59. The Morgan fingerprint density at radius 1 is 1.27 bits per heavy atom. The average molecular weight is 321 g/mol. The zero-order chi connectivity index (χ0) is 15.2. The number of fused-ring (bicyclic) bond motifs is 1. The number of aromatic nitrogens is 2. The quantitative estimate of drug-likeness (QED) is 0.910. The average Bonchev–Trinajstić information content (AvgIpc) is 3.23. The van der Waals surface area contributed by atoms with Crippen molar-refractivity contribution in [1.29, 1.82) is 0 Å². The monoisotopic (exact) mass is 321 g/mol. The molecular formula is C14H15N3O4S. The van der Waals surface area contributed by atoms with Gasteiger partial charge in [0.25, 0.3) is 15.1 Å². The van der Waals surface area contributed by atoms with Gasteiger partial charge in [0.05, 0.1) is 12.2 Å². The molecule has 1 atom stereocenters. The van der Waals surface area contributed by atoms with Gasteiger partial charge in [-0.25, -0.2) is 23.1 Å². The van der Waals surface area contributed by atoms with Gasteiger partial charge in [0.2, 0.25) is 5.88 Å². The summed E-state index contributed by atoms with van der Waals surface area (Å²) >= 11 is 0. The predicted molar refractivity (Wildman–Crippen MR) is 76.0 cm³/mol. The highest BCUT2D eigenvalue weighted by Gasteiger charge is 2.32. The highest BCUT2D eigenvalue weighted by Crippen LogP contribution is 2.39. The maximum atomic E-state index is 12.4. The largest absolute Gasteiger partial charge is 0.476 e. The molecule has 2 aromatic rings. The lowest BCUT2D eigenvalue weighted by atomic mass is 10.1. The Labute approximate surface area is 127 Å². The highest BCUT2D eigenvalue weighted by atomic mass is 32.2. The molecular weight excluding hydrogens is 306 g/mol. The van der Waals surface area contributed by atoms with E-state index in [2.05, 4.69) is 14.7 Å². The molecule has 0 saturated heterocycles. The molecule has 1 N–H and O–H groups in total. The minimum absolute atomic E-state index is 0.133. The molecule has 0 spiro atoms. The molecule has 4 rings (SSSR count). The van der Waals surface area contributed by atoms with E-state index in [0.717, 1.165) is 18.4 Å². The lowest BCUT2D eigenvalue weighted by Gasteiger charge is -2.24. The van der Waals surface area contributed by atoms with Crippen LogP contribution in [0.25, 0.3) is 0 Å². The van der Waals surface area contributed by atoms with Crippen molar-refractivity contribution in [3.8, 4) is 5.88 Å². The van der Waals surface area contributed by atoms with Crippen LogP contribution in [0.15, 0.2) is 34.0 Å². The molecule has 0 bridgehead atoms. The fourth-order valence-corrected chi connectivity index (χ4v) is 3.57. The summed E-state index contributed by atoms with van der Waals surface area (Å²) in [7, 11) is -3.73. The van der Waals surface area contributed by atoms with Crippen molar-refractivity contribution in [3.05, 3.63) is 36.0 Å². The summed E-state index contributed by atoms with van der Waals surface area (Å²) in [5.41, 5.74) is 0.887. The van der Waals surface area contributed by atoms with Gasteiger partial charge in [-0.3, -0.25) is 0 Å². The third-order valence-electron chi connectivity index (χ3n) is 3.75. The minimum Gasteiger partial charge on any atom is -0.476 e. The third-order valence-corrected chi connectivity index (χ3v) is 5.12. The summed E-state index contributed by atoms with van der Waals surface area (Å²) < 4.78 is 38.2. The van der Waals surface area contributed by atoms with Crippen molar-refractivity contribution in [1.82, 2.24) is 14.7 Å². The highest BCUT2D eigenvalue weighted by molar-refractivity contribution is 7.89. The van der Waals surface area contributed by atoms with Gasteiger partial charge in [-0.1, -0.05) is 6.07 Å². The molecule has 1 unspecified atom stereocenters. The van der Waals surface area contributed by atoms with Crippen LogP contribution in [0.3, 0.4) is 0 Å². The van der Waals surface area contributed by atoms with Crippen LogP contribution in [0.4, 0.5) is 0 Å². The van der Waals surface area contributed by atoms with Crippen molar-refractivity contribution >= 4 is 10.0 Å². The SMILES string of the molecule is O=S(=O)(NC1COc2ncccc2C1)c1cnc(C2CC2)o1. The first-order valence-corrected chi connectivity index (χ1v) is 8.65. The predicted octanol–water partition coefficient (Wildman–Crippen LogP) is 1.23. The Bertz CT molecular complexity index is 798. The normalized spacial score (nSPS) is 21.2. The summed E-state index contributed by atoms with van der Waals surface area (Å²) in [5.74, 6) is 1.35. The van der Waals surface area contributed by atoms with Crippen molar-refractivity contribution in [2.75, 3.05) is 6.61 Å². The van der Waals surface area contributed by atoms with Crippen molar-refractivity contribution < 1.29 is 17.6 Å². The number of nitrogens with one attached hydrogen (secondary N) is 1. The fraction of sp³-hybridized carbons (Fsp3) is 0.429. The molecule has 1 aliphatic heterocycles. The van der Waals surface area contributed by atoms with E-state index in [0.29, 0.717) is 18.2 Å². The number of ether oxygens (including phenoxy) is 1. The number of nitrogens with zero attached hydrogens (tertiary/aromatic N) is 2. The number of sulfonamides is 1. The van der Waals surface area contributed by atoms with Gasteiger partial charge in [-0.05, 0) is 25.3 Å². The van der Waals surface area contributed by atoms with E-state index >= 15 is 0 Å². The Morgan fingerprint density at radius 3 is 2.95 bits per heavy atom. The standard InChI is InChI=1S/C14H15N3O4S/c18-22(19,12-7-16-14(21-12)9-3-4-9)17-11-6-10-2-1-5-15-13(10)20-8-11/h1-2,5,7,9,11,17H,3-4,6,8H2. The maximum absolute atomic E-state index is 12.4. The summed E-state index contributed by atoms with van der Waals surface area (Å²) in [6.07, 6.45) is 5.47. The molecule has 0 aromatic carbocycles. The van der Waals surface area contributed by atoms with Crippen LogP contribution < -0.4 is 9.46 Å². The Morgan fingerprint density at radius 2 is 2.14 bits per heavy atom. The van der Waals surface area contributed by atoms with Crippen molar-refractivity contribution in [2.24, 2.45) is 0 Å². The third kappa shape index (κ3) is 2.59. The number of rotatable bonds is 4. The zero-order valence-corrected chi connectivity index (χ0v) is 12.5. The summed E-state index contributed by atoms with van der Waals surface area (Å²) in [4.78, 5) is 8.16. The van der Waals surface area contributed by atoms with Gasteiger partial charge in [0, 0.05) is 17.7 Å². The minimum atomic E-state index is -3.73. The van der Waals surface area contributed by atoms with Gasteiger partial charge in [-0.2, -0.15) is 0 Å². The summed E-state index contributed by atoms with van der Waals surface area (Å²) in [6, 6.07) is 3.33. The van der Waals surface area contributed by atoms with Crippen LogP contribution >= 0.6 is 0 Å². The van der Waals surface area contributed by atoms with E-state index in [9.17, 15) is 8.42 Å². The van der Waals surface area contributed by atoms with Crippen LogP contribution in [0.1, 0.15) is 30.2 Å². The van der Waals surface area contributed by atoms with Crippen molar-refractivity contribution in [3.63, 3.8) is 0 Å². The van der Waals surface area contributed by atoms with Gasteiger partial charge in [0.1, 0.15) is 6.61 Å². The van der Waals surface area contributed by atoms with Crippen molar-refractivity contribution in [2.45, 2.75) is 36.3 Å². The molecule has 116 valence electrons. The summed E-state index contributed by atoms with van der Waals surface area (Å²) in [5, 5.41) is -0.133. The first-order valence-electron chi connectivity index (χ1n) is 7.16. The van der Waals surface area contributed by atoms with Crippen LogP contribution in [0.5, 0.6) is 5.88 Å². The van der Waals surface area contributed by atoms with Crippen LogP contribution in [0, 0.1) is 0 Å². The first kappa shape index (κ1) is 13.7. The molecule has 1 saturated carbocycles. The lowest BCUT2D eigenvalue weighted by molar-refractivity contribution is 0.243. The molecule has 0 radical (unpaired) electrons. The molecule has 0 amide bonds. The van der Waals surface area contributed by atoms with E-state index in [1.807, 2.05) is 6.07 Å². The summed E-state index contributed by atoms with van der Waals surface area (Å²) in [6.45, 7) is 0.243. The Kier molecular flexibility index (Phi) is 3.16. The zero-order valence-electron chi connectivity index (χ0n) is 11.7. The molecule has 22 heavy (non-hydrogen) atoms. The fourth-order valence-electron chi connectivity index (χ4n) is 2.48. The van der Waals surface area contributed by atoms with Gasteiger partial charge in [0.15, 0.2) is 5.89 Å². The van der Waals surface area contributed by atoms with Gasteiger partial charge < -0.3 is 9.15 Å². The van der Waals surface area contributed by atoms with E-state index in [1.165, 1.54) is 6.20 Å². The molecule has 7 nitrogen and oxygen atoms in total. The first-order chi connectivity index (χ1) is 10.6. The number of hydrogen-bond donors (Lipinski definition) is 1. The van der Waals surface area contributed by atoms with Gasteiger partial charge >= 0.3 is 0 Å². The second-order valence-corrected chi connectivity index (χ2v) is 7.24. The molecule has 1 aliphatic carbocycles. The van der Waals surface area contributed by atoms with E-state index < -0.39 is 10.0 Å². The molecule has 3 heterocycles. The molecule has 1 fully saturated rings. The second kappa shape index (κ2) is 5.06. The van der Waals surface area contributed by atoms with Crippen LogP contribution in [0.2, 0.25) is 0 Å². The molecule has 2 aromatic heterocycles. The Balaban J connectivity index is 1.50. The lowest BCUT2D eigenvalue weighted by Crippen LogP contribution is -2.42. The number of pyridine rings is 1.